The van der Waals surface area contributed by atoms with Crippen molar-refractivity contribution >= 4 is 21.8 Å². The molecule has 1 amide bonds. The van der Waals surface area contributed by atoms with Crippen LogP contribution in [0.1, 0.15) is 15.9 Å². The summed E-state index contributed by atoms with van der Waals surface area (Å²) in [4.78, 5) is 18.2. The summed E-state index contributed by atoms with van der Waals surface area (Å²) in [6, 6.07) is 9.30. The first-order valence-electron chi connectivity index (χ1n) is 6.59. The van der Waals surface area contributed by atoms with E-state index in [-0.39, 0.29) is 5.91 Å². The lowest BCUT2D eigenvalue weighted by Gasteiger charge is -2.18. The third-order valence-corrected chi connectivity index (χ3v) is 3.93. The molecule has 0 unspecified atom stereocenters. The van der Waals surface area contributed by atoms with Crippen molar-refractivity contribution in [1.29, 1.82) is 0 Å². The molecule has 5 heteroatoms. The second-order valence-corrected chi connectivity index (χ2v) is 5.53. The molecule has 2 aromatic rings. The van der Waals surface area contributed by atoms with Crippen LogP contribution < -0.4 is 4.74 Å². The van der Waals surface area contributed by atoms with Gasteiger partial charge in [0, 0.05) is 30.5 Å². The molecule has 4 nitrogen and oxygen atoms in total. The zero-order chi connectivity index (χ0) is 15.2. The molecule has 0 spiro atoms. The number of hydrogen-bond donors (Lipinski definition) is 0. The predicted octanol–water partition coefficient (Wildman–Crippen LogP) is 3.17. The second-order valence-electron chi connectivity index (χ2n) is 4.68. The molecule has 0 bridgehead atoms. The quantitative estimate of drug-likeness (QED) is 0.833. The number of carbonyl (C=O) groups is 1. The lowest BCUT2D eigenvalue weighted by molar-refractivity contribution is 0.0795. The van der Waals surface area contributed by atoms with Crippen LogP contribution in [0.15, 0.2) is 47.2 Å². The molecule has 0 N–H and O–H groups in total. The maximum atomic E-state index is 12.5. The Kier molecular flexibility index (Phi) is 5.33. The molecule has 0 saturated heterocycles. The Hall–Kier alpha value is -1.88. The monoisotopic (exact) mass is 348 g/mol. The molecule has 2 rings (SSSR count). The molecule has 21 heavy (non-hydrogen) atoms. The molecule has 1 heterocycles. The molecule has 0 saturated carbocycles. The number of halogens is 1. The summed E-state index contributed by atoms with van der Waals surface area (Å²) >= 11 is 3.41. The Balaban J connectivity index is 2.05. The Morgan fingerprint density at radius 3 is 2.67 bits per heavy atom. The van der Waals surface area contributed by atoms with Gasteiger partial charge in [0.05, 0.1) is 12.7 Å². The van der Waals surface area contributed by atoms with E-state index in [0.29, 0.717) is 17.9 Å². The molecule has 0 aliphatic carbocycles. The van der Waals surface area contributed by atoms with Crippen molar-refractivity contribution < 1.29 is 9.53 Å². The average molecular weight is 349 g/mol. The smallest absolute Gasteiger partial charge is 0.254 e. The first kappa shape index (κ1) is 15.5. The first-order valence-corrected chi connectivity index (χ1v) is 7.39. The van der Waals surface area contributed by atoms with E-state index < -0.39 is 0 Å². The number of methoxy groups -OCH3 is 1. The van der Waals surface area contributed by atoms with Gasteiger partial charge in [-0.3, -0.25) is 9.78 Å². The van der Waals surface area contributed by atoms with Crippen LogP contribution >= 0.6 is 15.9 Å². The number of nitrogens with zero attached hydrogens (tertiary/aromatic N) is 2. The molecule has 1 aromatic carbocycles. The number of pyridine rings is 1. The van der Waals surface area contributed by atoms with Crippen LogP contribution in [0.2, 0.25) is 0 Å². The van der Waals surface area contributed by atoms with E-state index >= 15 is 0 Å². The van der Waals surface area contributed by atoms with Gasteiger partial charge in [0.25, 0.3) is 5.91 Å². The minimum atomic E-state index is -0.0326. The van der Waals surface area contributed by atoms with E-state index in [1.165, 1.54) is 0 Å². The molecule has 0 radical (unpaired) electrons. The number of aromatic nitrogens is 1. The minimum absolute atomic E-state index is 0.0326. The van der Waals surface area contributed by atoms with Crippen molar-refractivity contribution in [2.24, 2.45) is 0 Å². The fourth-order valence-electron chi connectivity index (χ4n) is 1.95. The Morgan fingerprint density at radius 1 is 1.29 bits per heavy atom. The fourth-order valence-corrected chi connectivity index (χ4v) is 2.36. The number of rotatable bonds is 5. The van der Waals surface area contributed by atoms with Gasteiger partial charge in [-0.1, -0.05) is 0 Å². The summed E-state index contributed by atoms with van der Waals surface area (Å²) in [5, 5.41) is 0. The molecule has 110 valence electrons. The summed E-state index contributed by atoms with van der Waals surface area (Å²) in [6.07, 6.45) is 4.32. The lowest BCUT2D eigenvalue weighted by atomic mass is 10.1. The highest BCUT2D eigenvalue weighted by Crippen LogP contribution is 2.23. The third kappa shape index (κ3) is 4.04. The average Bonchev–Trinajstić information content (AvgIpc) is 2.53. The van der Waals surface area contributed by atoms with Gasteiger partial charge >= 0.3 is 0 Å². The summed E-state index contributed by atoms with van der Waals surface area (Å²) < 4.78 is 5.94. The lowest BCUT2D eigenvalue weighted by Crippen LogP contribution is -2.29. The molecule has 1 aromatic heterocycles. The largest absolute Gasteiger partial charge is 0.497 e. The summed E-state index contributed by atoms with van der Waals surface area (Å²) in [5.74, 6) is 0.638. The van der Waals surface area contributed by atoms with E-state index in [9.17, 15) is 4.79 Å². The van der Waals surface area contributed by atoms with E-state index in [4.69, 9.17) is 4.74 Å². The number of hydrogen-bond acceptors (Lipinski definition) is 3. The van der Waals surface area contributed by atoms with E-state index in [2.05, 4.69) is 20.9 Å². The Labute approximate surface area is 132 Å². The highest BCUT2D eigenvalue weighted by atomic mass is 79.9. The maximum Gasteiger partial charge on any atom is 0.254 e. The standard InChI is InChI=1S/C16H17BrN2O2/c1-19(10-7-12-5-8-18-9-6-12)16(20)14-11-13(21-2)3-4-15(14)17/h3-6,8-9,11H,7,10H2,1-2H3. The van der Waals surface area contributed by atoms with E-state index in [1.54, 1.807) is 37.5 Å². The van der Waals surface area contributed by atoms with Crippen LogP contribution in [0.4, 0.5) is 0 Å². The Morgan fingerprint density at radius 2 is 2.00 bits per heavy atom. The van der Waals surface area contributed by atoms with Crippen LogP contribution in [0.5, 0.6) is 5.75 Å². The molecule has 0 atom stereocenters. The molecular weight excluding hydrogens is 332 g/mol. The van der Waals surface area contributed by atoms with Gasteiger partial charge in [-0.15, -0.1) is 0 Å². The number of ether oxygens (including phenoxy) is 1. The highest BCUT2D eigenvalue weighted by molar-refractivity contribution is 9.10. The van der Waals surface area contributed by atoms with Crippen molar-refractivity contribution in [3.8, 4) is 5.75 Å². The van der Waals surface area contributed by atoms with E-state index in [1.807, 2.05) is 24.3 Å². The SMILES string of the molecule is COc1ccc(Br)c(C(=O)N(C)CCc2ccncc2)c1. The maximum absolute atomic E-state index is 12.5. The van der Waals surface area contributed by atoms with Crippen LogP contribution in [0, 0.1) is 0 Å². The van der Waals surface area contributed by atoms with Crippen molar-refractivity contribution in [2.75, 3.05) is 20.7 Å². The number of benzene rings is 1. The molecule has 0 aliphatic rings. The first-order chi connectivity index (χ1) is 10.1. The van der Waals surface area contributed by atoms with Gasteiger partial charge in [0.15, 0.2) is 0 Å². The van der Waals surface area contributed by atoms with Gasteiger partial charge in [0.1, 0.15) is 5.75 Å². The van der Waals surface area contributed by atoms with Gasteiger partial charge in [-0.25, -0.2) is 0 Å². The Bertz CT molecular complexity index is 617. The summed E-state index contributed by atoms with van der Waals surface area (Å²) in [6.45, 7) is 0.645. The highest BCUT2D eigenvalue weighted by Gasteiger charge is 2.15. The van der Waals surface area contributed by atoms with Gasteiger partial charge in [-0.2, -0.15) is 0 Å². The molecule has 0 aliphatic heterocycles. The molecule has 0 fully saturated rings. The number of amides is 1. The third-order valence-electron chi connectivity index (χ3n) is 3.24. The van der Waals surface area contributed by atoms with Crippen molar-refractivity contribution in [1.82, 2.24) is 9.88 Å². The van der Waals surface area contributed by atoms with Crippen LogP contribution in [0.3, 0.4) is 0 Å². The van der Waals surface area contributed by atoms with E-state index in [0.717, 1.165) is 16.5 Å². The summed E-state index contributed by atoms with van der Waals surface area (Å²) in [7, 11) is 3.39. The number of carbonyl (C=O) groups excluding carboxylic acids is 1. The van der Waals surface area contributed by atoms with Crippen LogP contribution in [-0.4, -0.2) is 36.5 Å². The van der Waals surface area contributed by atoms with Crippen molar-refractivity contribution in [3.63, 3.8) is 0 Å². The van der Waals surface area contributed by atoms with Crippen molar-refractivity contribution in [2.45, 2.75) is 6.42 Å². The fraction of sp³-hybridized carbons (Fsp3) is 0.250. The zero-order valence-corrected chi connectivity index (χ0v) is 13.6. The predicted molar refractivity (Wildman–Crippen MR) is 85.6 cm³/mol. The van der Waals surface area contributed by atoms with Crippen LogP contribution in [-0.2, 0) is 6.42 Å². The summed E-state index contributed by atoms with van der Waals surface area (Å²) in [5.41, 5.74) is 1.76. The van der Waals surface area contributed by atoms with Gasteiger partial charge in [-0.05, 0) is 58.2 Å². The second kappa shape index (κ2) is 7.22. The molecular formula is C16H17BrN2O2. The van der Waals surface area contributed by atoms with Crippen molar-refractivity contribution in [3.05, 3.63) is 58.3 Å². The van der Waals surface area contributed by atoms with Gasteiger partial charge < -0.3 is 9.64 Å². The minimum Gasteiger partial charge on any atom is -0.497 e. The zero-order valence-electron chi connectivity index (χ0n) is 12.0. The topological polar surface area (TPSA) is 42.4 Å². The van der Waals surface area contributed by atoms with Crippen LogP contribution in [0.25, 0.3) is 0 Å². The normalized spacial score (nSPS) is 10.2. The van der Waals surface area contributed by atoms with Gasteiger partial charge in [0.2, 0.25) is 0 Å². The number of likely N-dealkylation sites (N-methyl/N-ethyl adjacent to an activating group) is 1.